The molecule has 1 heterocycles. The molecule has 1 aliphatic carbocycles. The number of ether oxygens (including phenoxy) is 1. The summed E-state index contributed by atoms with van der Waals surface area (Å²) in [4.78, 5) is 13.6. The third-order valence-electron chi connectivity index (χ3n) is 4.06. The van der Waals surface area contributed by atoms with Crippen LogP contribution in [0.3, 0.4) is 0 Å². The lowest BCUT2D eigenvalue weighted by Gasteiger charge is -2.48. The molecule has 1 amide bonds. The molecule has 0 aromatic heterocycles. The predicted octanol–water partition coefficient (Wildman–Crippen LogP) is 2.57. The maximum absolute atomic E-state index is 11.9. The van der Waals surface area contributed by atoms with Gasteiger partial charge in [-0.3, -0.25) is 0 Å². The van der Waals surface area contributed by atoms with Crippen LogP contribution in [0.4, 0.5) is 4.79 Å². The molecule has 1 aliphatic heterocycles. The average molecular weight is 267 g/mol. The Morgan fingerprint density at radius 2 is 2.11 bits per heavy atom. The highest BCUT2D eigenvalue weighted by Crippen LogP contribution is 2.49. The van der Waals surface area contributed by atoms with Gasteiger partial charge in [-0.1, -0.05) is 6.08 Å². The first-order chi connectivity index (χ1) is 8.75. The van der Waals surface area contributed by atoms with Crippen LogP contribution in [0.1, 0.15) is 40.0 Å². The van der Waals surface area contributed by atoms with Crippen LogP contribution in [0, 0.1) is 11.3 Å². The van der Waals surface area contributed by atoms with Gasteiger partial charge >= 0.3 is 6.09 Å². The maximum Gasteiger partial charge on any atom is 0.410 e. The standard InChI is InChI=1S/C15H25NO3/c1-5-6-11-7-15(8-12(11)17)9-16(10-15)13(18)19-14(2,3)4/h5,11-12,17H,1,6-10H2,2-4H3. The van der Waals surface area contributed by atoms with Crippen molar-refractivity contribution in [2.24, 2.45) is 11.3 Å². The molecular formula is C15H25NO3. The fourth-order valence-electron chi connectivity index (χ4n) is 3.32. The predicted molar refractivity (Wildman–Crippen MR) is 73.8 cm³/mol. The van der Waals surface area contributed by atoms with Crippen LogP contribution in [0.25, 0.3) is 0 Å². The van der Waals surface area contributed by atoms with E-state index < -0.39 is 5.60 Å². The Hall–Kier alpha value is -1.03. The Morgan fingerprint density at radius 3 is 2.63 bits per heavy atom. The van der Waals surface area contributed by atoms with Crippen molar-refractivity contribution >= 4 is 6.09 Å². The lowest BCUT2D eigenvalue weighted by molar-refractivity contribution is -0.0361. The van der Waals surface area contributed by atoms with E-state index in [2.05, 4.69) is 6.58 Å². The van der Waals surface area contributed by atoms with Gasteiger partial charge in [-0.15, -0.1) is 6.58 Å². The van der Waals surface area contributed by atoms with E-state index in [-0.39, 0.29) is 17.6 Å². The fraction of sp³-hybridized carbons (Fsp3) is 0.800. The number of carbonyl (C=O) groups excluding carboxylic acids is 1. The maximum atomic E-state index is 11.9. The van der Waals surface area contributed by atoms with Crippen molar-refractivity contribution < 1.29 is 14.6 Å². The number of allylic oxidation sites excluding steroid dienone is 1. The summed E-state index contributed by atoms with van der Waals surface area (Å²) in [5.74, 6) is 0.304. The number of rotatable bonds is 2. The van der Waals surface area contributed by atoms with Crippen LogP contribution >= 0.6 is 0 Å². The van der Waals surface area contributed by atoms with Crippen LogP contribution in [0.15, 0.2) is 12.7 Å². The first-order valence-electron chi connectivity index (χ1n) is 7.02. The Kier molecular flexibility index (Phi) is 3.65. The van der Waals surface area contributed by atoms with Gasteiger partial charge in [-0.05, 0) is 46.0 Å². The van der Waals surface area contributed by atoms with Crippen molar-refractivity contribution in [3.63, 3.8) is 0 Å². The van der Waals surface area contributed by atoms with Crippen molar-refractivity contribution in [1.29, 1.82) is 0 Å². The second-order valence-corrected chi connectivity index (χ2v) is 7.10. The monoisotopic (exact) mass is 267 g/mol. The normalized spacial score (nSPS) is 29.2. The largest absolute Gasteiger partial charge is 0.444 e. The van der Waals surface area contributed by atoms with E-state index in [4.69, 9.17) is 4.74 Å². The number of aliphatic hydroxyl groups is 1. The first-order valence-corrected chi connectivity index (χ1v) is 7.02. The average Bonchev–Trinajstić information content (AvgIpc) is 2.52. The van der Waals surface area contributed by atoms with E-state index in [1.165, 1.54) is 0 Å². The minimum absolute atomic E-state index is 0.115. The molecule has 2 fully saturated rings. The van der Waals surface area contributed by atoms with E-state index in [1.807, 2.05) is 26.8 Å². The van der Waals surface area contributed by atoms with Crippen molar-refractivity contribution in [2.45, 2.75) is 51.7 Å². The Bertz CT molecular complexity index is 366. The third-order valence-corrected chi connectivity index (χ3v) is 4.06. The molecule has 1 spiro atoms. The van der Waals surface area contributed by atoms with Crippen LogP contribution < -0.4 is 0 Å². The fourth-order valence-corrected chi connectivity index (χ4v) is 3.32. The van der Waals surface area contributed by atoms with Gasteiger partial charge in [0.2, 0.25) is 0 Å². The van der Waals surface area contributed by atoms with Gasteiger partial charge < -0.3 is 14.7 Å². The van der Waals surface area contributed by atoms with E-state index in [0.29, 0.717) is 19.0 Å². The quantitative estimate of drug-likeness (QED) is 0.782. The molecule has 4 nitrogen and oxygen atoms in total. The molecule has 0 bridgehead atoms. The SMILES string of the molecule is C=CCC1CC2(CC1O)CN(C(=O)OC(C)(C)C)C2. The van der Waals surface area contributed by atoms with Crippen LogP contribution in [-0.2, 0) is 4.74 Å². The van der Waals surface area contributed by atoms with Gasteiger partial charge in [0, 0.05) is 18.5 Å². The number of aliphatic hydroxyl groups excluding tert-OH is 1. The number of nitrogens with zero attached hydrogens (tertiary/aromatic N) is 1. The molecule has 2 atom stereocenters. The number of carbonyl (C=O) groups is 1. The summed E-state index contributed by atoms with van der Waals surface area (Å²) in [5.41, 5.74) is -0.329. The van der Waals surface area contributed by atoms with Gasteiger partial charge in [-0.25, -0.2) is 4.79 Å². The van der Waals surface area contributed by atoms with Crippen molar-refractivity contribution in [2.75, 3.05) is 13.1 Å². The molecule has 4 heteroatoms. The van der Waals surface area contributed by atoms with Crippen molar-refractivity contribution in [3.05, 3.63) is 12.7 Å². The molecule has 0 aromatic rings. The van der Waals surface area contributed by atoms with Gasteiger partial charge in [0.25, 0.3) is 0 Å². The summed E-state index contributed by atoms with van der Waals surface area (Å²) in [6, 6.07) is 0. The van der Waals surface area contributed by atoms with Crippen LogP contribution in [-0.4, -0.2) is 40.9 Å². The molecule has 19 heavy (non-hydrogen) atoms. The van der Waals surface area contributed by atoms with E-state index in [9.17, 15) is 9.90 Å². The molecular weight excluding hydrogens is 242 g/mol. The minimum Gasteiger partial charge on any atom is -0.444 e. The summed E-state index contributed by atoms with van der Waals surface area (Å²) in [7, 11) is 0. The summed E-state index contributed by atoms with van der Waals surface area (Å²) < 4.78 is 5.35. The van der Waals surface area contributed by atoms with Crippen LogP contribution in [0.5, 0.6) is 0 Å². The van der Waals surface area contributed by atoms with Gasteiger partial charge in [0.15, 0.2) is 0 Å². The lowest BCUT2D eigenvalue weighted by Crippen LogP contribution is -2.58. The summed E-state index contributed by atoms with van der Waals surface area (Å²) in [6.07, 6.45) is 4.02. The van der Waals surface area contributed by atoms with Gasteiger partial charge in [0.05, 0.1) is 6.10 Å². The van der Waals surface area contributed by atoms with E-state index in [1.54, 1.807) is 4.90 Å². The summed E-state index contributed by atoms with van der Waals surface area (Å²) >= 11 is 0. The minimum atomic E-state index is -0.444. The lowest BCUT2D eigenvalue weighted by atomic mass is 9.77. The first kappa shape index (κ1) is 14.4. The number of hydrogen-bond acceptors (Lipinski definition) is 3. The Morgan fingerprint density at radius 1 is 1.47 bits per heavy atom. The highest BCUT2D eigenvalue weighted by molar-refractivity contribution is 5.69. The zero-order valence-corrected chi connectivity index (χ0v) is 12.2. The topological polar surface area (TPSA) is 49.8 Å². The molecule has 1 N–H and O–H groups in total. The van der Waals surface area contributed by atoms with Crippen molar-refractivity contribution in [3.8, 4) is 0 Å². The Labute approximate surface area is 115 Å². The molecule has 1 saturated carbocycles. The number of amides is 1. The smallest absolute Gasteiger partial charge is 0.410 e. The van der Waals surface area contributed by atoms with E-state index in [0.717, 1.165) is 19.3 Å². The van der Waals surface area contributed by atoms with E-state index >= 15 is 0 Å². The van der Waals surface area contributed by atoms with Gasteiger partial charge in [0.1, 0.15) is 5.60 Å². The molecule has 0 aromatic carbocycles. The number of likely N-dealkylation sites (tertiary alicyclic amines) is 1. The highest BCUT2D eigenvalue weighted by atomic mass is 16.6. The molecule has 2 unspecified atom stereocenters. The Balaban J connectivity index is 1.86. The molecule has 108 valence electrons. The molecule has 0 radical (unpaired) electrons. The summed E-state index contributed by atoms with van der Waals surface area (Å²) in [5, 5.41) is 10.0. The zero-order valence-electron chi connectivity index (χ0n) is 12.2. The highest BCUT2D eigenvalue weighted by Gasteiger charge is 2.53. The zero-order chi connectivity index (χ0) is 14.3. The third kappa shape index (κ3) is 3.11. The summed E-state index contributed by atoms with van der Waals surface area (Å²) in [6.45, 7) is 10.8. The molecule has 2 rings (SSSR count). The van der Waals surface area contributed by atoms with Gasteiger partial charge in [-0.2, -0.15) is 0 Å². The molecule has 1 saturated heterocycles. The second kappa shape index (κ2) is 4.82. The number of hydrogen-bond donors (Lipinski definition) is 1. The molecule has 2 aliphatic rings. The van der Waals surface area contributed by atoms with Crippen molar-refractivity contribution in [1.82, 2.24) is 4.90 Å². The second-order valence-electron chi connectivity index (χ2n) is 7.10. The van der Waals surface area contributed by atoms with Crippen LogP contribution in [0.2, 0.25) is 0 Å².